The molecule has 3 aromatic heterocycles. The summed E-state index contributed by atoms with van der Waals surface area (Å²) >= 11 is 5.77. The van der Waals surface area contributed by atoms with E-state index in [4.69, 9.17) is 0 Å². The van der Waals surface area contributed by atoms with E-state index in [9.17, 15) is 0 Å². The molecule has 0 amide bonds. The lowest BCUT2D eigenvalue weighted by atomic mass is 9.82. The maximum absolute atomic E-state index is 2.45. The predicted octanol–water partition coefficient (Wildman–Crippen LogP) is 40.6. The number of fused-ring (bicyclic) bond motifs is 22. The van der Waals surface area contributed by atoms with Crippen LogP contribution >= 0.6 is 34.0 Å². The highest BCUT2D eigenvalue weighted by atomic mass is 32.1. The Morgan fingerprint density at radius 3 is 0.669 bits per heavy atom. The minimum absolute atomic E-state index is 0.118. The lowest BCUT2D eigenvalue weighted by Crippen LogP contribution is -2.16. The monoisotopic (exact) mass is 1910 g/mol. The quantitative estimate of drug-likeness (QED) is 0.101. The largest absolute Gasteiger partial charge is 0.310 e. The van der Waals surface area contributed by atoms with Gasteiger partial charge in [-0.25, -0.2) is 0 Å². The van der Waals surface area contributed by atoms with Gasteiger partial charge in [-0.1, -0.05) is 424 Å². The van der Waals surface area contributed by atoms with Gasteiger partial charge in [-0.15, -0.1) is 34.0 Å². The standard InChI is InChI=1S/C51H37NS.C45H33NS.C43H31NS/c1-51(2)46-32-31-44-43-15-9-10-16-48(43)53-50(44)49(46)45-30-29-42(33-47(45)51)52(40-25-21-38(22-26-40)35-13-7-4-8-14-35)41-27-23-39(24-28-41)37-19-17-36(18-20-37)34-11-5-3-6-12-34;1-45(2)40-28-27-38-37-15-9-10-16-42(37)47-44(38)43(40)39-26-25-36(29-41(39)45)46(34-21-17-32(18-22-34)30-11-5-3-6-12-30)35-23-19-33(20-24-35)31-13-7-4-8-14-31;1-43(2)37-26-25-35-34-16-8-9-18-40(34)45-42(35)41(37)36-24-23-32(27-38(36)43)44(39-17-10-14-30-13-6-7-15-33(30)39)31-21-19-29(20-22-31)28-11-4-3-5-12-28/h3-33H,1-2H3;3-29H,1-2H3;3-27H,1-2H3. The van der Waals surface area contributed by atoms with Crippen LogP contribution in [0.1, 0.15) is 74.9 Å². The van der Waals surface area contributed by atoms with Crippen molar-refractivity contribution in [3.63, 3.8) is 0 Å². The second-order valence-electron chi connectivity index (χ2n) is 40.1. The first-order chi connectivity index (χ1) is 71.2. The lowest BCUT2D eigenvalue weighted by Gasteiger charge is -2.29. The van der Waals surface area contributed by atoms with Gasteiger partial charge >= 0.3 is 0 Å². The number of hydrogen-bond donors (Lipinski definition) is 0. The van der Waals surface area contributed by atoms with Crippen molar-refractivity contribution in [2.75, 3.05) is 14.7 Å². The summed E-state index contributed by atoms with van der Waals surface area (Å²) in [4.78, 5) is 7.24. The molecule has 3 aliphatic rings. The van der Waals surface area contributed by atoms with Crippen molar-refractivity contribution in [1.29, 1.82) is 0 Å². The summed E-state index contributed by atoms with van der Waals surface area (Å²) in [6, 6.07) is 184. The second-order valence-corrected chi connectivity index (χ2v) is 43.3. The van der Waals surface area contributed by atoms with Gasteiger partial charge in [0.25, 0.3) is 0 Å². The molecule has 0 fully saturated rings. The zero-order valence-electron chi connectivity index (χ0n) is 81.5. The van der Waals surface area contributed by atoms with Gasteiger partial charge in [0.1, 0.15) is 0 Å². The van der Waals surface area contributed by atoms with Crippen LogP contribution in [0.15, 0.2) is 504 Å². The third-order valence-electron chi connectivity index (χ3n) is 30.7. The molecular weight excluding hydrogens is 1810 g/mol. The van der Waals surface area contributed by atoms with E-state index in [1.54, 1.807) is 0 Å². The van der Waals surface area contributed by atoms with Crippen molar-refractivity contribution in [1.82, 2.24) is 0 Å². The van der Waals surface area contributed by atoms with E-state index >= 15 is 0 Å². The average molecular weight is 1910 g/mol. The molecule has 22 aromatic carbocycles. The summed E-state index contributed by atoms with van der Waals surface area (Å²) < 4.78 is 8.24. The Balaban J connectivity index is 0.000000111. The van der Waals surface area contributed by atoms with Gasteiger partial charge in [0, 0.05) is 144 Å². The number of rotatable bonds is 15. The van der Waals surface area contributed by atoms with Crippen LogP contribution < -0.4 is 14.7 Å². The maximum atomic E-state index is 2.45. The Morgan fingerprint density at radius 1 is 0.159 bits per heavy atom. The van der Waals surface area contributed by atoms with E-state index in [0.717, 1.165) is 39.8 Å². The van der Waals surface area contributed by atoms with Crippen LogP contribution in [0, 0.1) is 0 Å². The van der Waals surface area contributed by atoms with Gasteiger partial charge in [-0.3, -0.25) is 0 Å². The van der Waals surface area contributed by atoms with Crippen LogP contribution in [0.25, 0.3) is 171 Å². The van der Waals surface area contributed by atoms with Gasteiger partial charge in [-0.2, -0.15) is 0 Å². The minimum atomic E-state index is -0.135. The highest BCUT2D eigenvalue weighted by Gasteiger charge is 2.42. The Kier molecular flexibility index (Phi) is 21.9. The van der Waals surface area contributed by atoms with Crippen molar-refractivity contribution in [3.05, 3.63) is 537 Å². The molecule has 145 heavy (non-hydrogen) atoms. The van der Waals surface area contributed by atoms with Crippen molar-refractivity contribution < 1.29 is 0 Å². The molecule has 28 rings (SSSR count). The van der Waals surface area contributed by atoms with E-state index < -0.39 is 0 Å². The number of hydrogen-bond acceptors (Lipinski definition) is 6. The molecule has 3 aliphatic carbocycles. The Hall–Kier alpha value is -16.8. The van der Waals surface area contributed by atoms with Crippen molar-refractivity contribution in [3.8, 4) is 100 Å². The van der Waals surface area contributed by atoms with Crippen molar-refractivity contribution in [2.45, 2.75) is 57.8 Å². The molecule has 0 saturated carbocycles. The SMILES string of the molecule is CC1(C)c2cc(N(c3ccc(-c4ccccc4)cc3)c3ccc(-c4ccc(-c5ccccc5)cc4)cc3)ccc2-c2c1ccc1c2sc2ccccc21.CC1(C)c2cc(N(c3ccc(-c4ccccc4)cc3)c3ccc(-c4ccccc4)cc3)ccc2-c2c1ccc1c2sc2ccccc21.CC1(C)c2cc(N(c3ccc(-c4ccccc4)cc3)c3cccc4ccccc34)ccc2-c2c1ccc1c2sc2ccccc21. The van der Waals surface area contributed by atoms with Gasteiger partial charge in [-0.05, 0) is 244 Å². The molecule has 0 unspecified atom stereocenters. The van der Waals surface area contributed by atoms with E-state index in [-0.39, 0.29) is 16.2 Å². The van der Waals surface area contributed by atoms with Crippen LogP contribution in [0.3, 0.4) is 0 Å². The summed E-state index contributed by atoms with van der Waals surface area (Å²) in [7, 11) is 0. The van der Waals surface area contributed by atoms with Crippen LogP contribution in [-0.2, 0) is 16.2 Å². The summed E-state index contributed by atoms with van der Waals surface area (Å²) in [6.07, 6.45) is 0. The molecule has 0 spiro atoms. The fourth-order valence-corrected chi connectivity index (χ4v) is 26.9. The summed E-state index contributed by atoms with van der Waals surface area (Å²) in [5, 5.41) is 10.6. The Morgan fingerprint density at radius 2 is 0.379 bits per heavy atom. The summed E-state index contributed by atoms with van der Waals surface area (Å²) in [6.45, 7) is 14.3. The zero-order chi connectivity index (χ0) is 97.2. The molecule has 6 heteroatoms. The Bertz CT molecular complexity index is 9180. The molecule has 3 nitrogen and oxygen atoms in total. The second kappa shape index (κ2) is 36.0. The van der Waals surface area contributed by atoms with E-state index in [1.165, 1.54) is 216 Å². The fraction of sp³-hybridized carbons (Fsp3) is 0.0647. The first-order valence-corrected chi connectivity index (χ1v) is 52.7. The molecular formula is C139H101N3S3. The first-order valence-electron chi connectivity index (χ1n) is 50.2. The molecule has 3 heterocycles. The highest BCUT2D eigenvalue weighted by Crippen LogP contribution is 2.60. The zero-order valence-corrected chi connectivity index (χ0v) is 83.9. The highest BCUT2D eigenvalue weighted by molar-refractivity contribution is 7.27. The van der Waals surface area contributed by atoms with Gasteiger partial charge in [0.05, 0.1) is 5.69 Å². The first kappa shape index (κ1) is 88.3. The molecule has 25 aromatic rings. The lowest BCUT2D eigenvalue weighted by molar-refractivity contribution is 0.661. The van der Waals surface area contributed by atoms with Crippen LogP contribution in [0.4, 0.5) is 51.2 Å². The summed E-state index contributed by atoms with van der Waals surface area (Å²) in [5.41, 5.74) is 41.2. The number of benzene rings is 22. The van der Waals surface area contributed by atoms with E-state index in [0.29, 0.717) is 0 Å². The van der Waals surface area contributed by atoms with Crippen LogP contribution in [-0.4, -0.2) is 0 Å². The molecule has 0 aliphatic heterocycles. The third kappa shape index (κ3) is 15.4. The molecule has 0 radical (unpaired) electrons. The molecule has 0 atom stereocenters. The molecule has 0 saturated heterocycles. The maximum Gasteiger partial charge on any atom is 0.0540 e. The van der Waals surface area contributed by atoms with Crippen molar-refractivity contribution >= 4 is 156 Å². The van der Waals surface area contributed by atoms with Crippen LogP contribution in [0.2, 0.25) is 0 Å². The molecule has 0 bridgehead atoms. The third-order valence-corrected chi connectivity index (χ3v) is 34.3. The van der Waals surface area contributed by atoms with Gasteiger partial charge in [0.15, 0.2) is 0 Å². The van der Waals surface area contributed by atoms with E-state index in [1.807, 2.05) is 34.0 Å². The predicted molar refractivity (Wildman–Crippen MR) is 625 cm³/mol. The Labute approximate surface area is 859 Å². The molecule has 690 valence electrons. The fourth-order valence-electron chi connectivity index (χ4n) is 23.1. The number of nitrogens with zero attached hydrogens (tertiary/aromatic N) is 3. The minimum Gasteiger partial charge on any atom is -0.310 e. The van der Waals surface area contributed by atoms with E-state index in [2.05, 4.69) is 560 Å². The topological polar surface area (TPSA) is 9.72 Å². The normalized spacial score (nSPS) is 13.1. The van der Waals surface area contributed by atoms with Crippen molar-refractivity contribution in [2.24, 2.45) is 0 Å². The van der Waals surface area contributed by atoms with Gasteiger partial charge in [0.2, 0.25) is 0 Å². The van der Waals surface area contributed by atoms with Gasteiger partial charge < -0.3 is 14.7 Å². The number of anilines is 9. The summed E-state index contributed by atoms with van der Waals surface area (Å²) in [5.74, 6) is 0. The van der Waals surface area contributed by atoms with Crippen LogP contribution in [0.5, 0.6) is 0 Å². The molecule has 0 N–H and O–H groups in total. The smallest absolute Gasteiger partial charge is 0.0540 e. The average Bonchev–Trinajstić information content (AvgIpc) is 1.56. The number of thiophene rings is 3.